The first-order valence-corrected chi connectivity index (χ1v) is 10.4. The molecule has 1 N–H and O–H groups in total. The molecule has 138 valence electrons. The van der Waals surface area contributed by atoms with E-state index < -0.39 is 0 Å². The molecule has 0 aliphatic carbocycles. The summed E-state index contributed by atoms with van der Waals surface area (Å²) in [6, 6.07) is 13.6. The number of hydrogen-bond donors (Lipinski definition) is 1. The lowest BCUT2D eigenvalue weighted by Gasteiger charge is -2.03. The molecule has 0 saturated heterocycles. The molecular formula is C20H16Br2N2O2S. The van der Waals surface area contributed by atoms with Gasteiger partial charge in [-0.1, -0.05) is 34.1 Å². The molecular weight excluding hydrogens is 492 g/mol. The maximum Gasteiger partial charge on any atom is 0.250 e. The van der Waals surface area contributed by atoms with Crippen molar-refractivity contribution >= 4 is 60.3 Å². The number of aromatic nitrogens is 1. The monoisotopic (exact) mass is 506 g/mol. The summed E-state index contributed by atoms with van der Waals surface area (Å²) >= 11 is 8.32. The van der Waals surface area contributed by atoms with Crippen LogP contribution >= 0.6 is 43.2 Å². The van der Waals surface area contributed by atoms with Crippen LogP contribution in [0.4, 0.5) is 5.13 Å². The number of carbonyl (C=O) groups excluding carboxylic acids is 1. The molecule has 0 fully saturated rings. The van der Waals surface area contributed by atoms with Crippen LogP contribution in [0.5, 0.6) is 5.75 Å². The largest absolute Gasteiger partial charge is 0.496 e. The Morgan fingerprint density at radius 1 is 1.19 bits per heavy atom. The van der Waals surface area contributed by atoms with Gasteiger partial charge in [-0.05, 0) is 58.8 Å². The normalized spacial score (nSPS) is 11.0. The molecule has 3 aromatic rings. The van der Waals surface area contributed by atoms with Gasteiger partial charge < -0.3 is 4.74 Å². The average Bonchev–Trinajstić information content (AvgIpc) is 3.01. The van der Waals surface area contributed by atoms with E-state index in [1.807, 2.05) is 49.4 Å². The Morgan fingerprint density at radius 2 is 1.93 bits per heavy atom. The summed E-state index contributed by atoms with van der Waals surface area (Å²) in [5.74, 6) is 0.522. The predicted octanol–water partition coefficient (Wildman–Crippen LogP) is 6.30. The Morgan fingerprint density at radius 3 is 2.59 bits per heavy atom. The number of rotatable bonds is 5. The summed E-state index contributed by atoms with van der Waals surface area (Å²) in [5.41, 5.74) is 2.79. The minimum absolute atomic E-state index is 0.224. The van der Waals surface area contributed by atoms with Crippen LogP contribution in [0.1, 0.15) is 10.4 Å². The standard InChI is InChI=1S/C20H16Br2N2O2S/c1-12-19(14-5-7-15(21)8-6-14)24-20(27-12)23-18(25)10-4-13-3-9-17(26-2)16(22)11-13/h3-11H,1-2H3,(H,23,24,25)/b10-4+. The third kappa shape index (κ3) is 5.06. The summed E-state index contributed by atoms with van der Waals surface area (Å²) in [5, 5.41) is 3.41. The highest BCUT2D eigenvalue weighted by Crippen LogP contribution is 2.31. The molecule has 4 nitrogen and oxygen atoms in total. The third-order valence-electron chi connectivity index (χ3n) is 3.75. The number of halogens is 2. The Balaban J connectivity index is 1.70. The summed E-state index contributed by atoms with van der Waals surface area (Å²) in [7, 11) is 1.61. The summed E-state index contributed by atoms with van der Waals surface area (Å²) in [6.07, 6.45) is 3.24. The van der Waals surface area contributed by atoms with Crippen LogP contribution in [-0.2, 0) is 4.79 Å². The molecule has 0 bridgehead atoms. The van der Waals surface area contributed by atoms with Crippen molar-refractivity contribution in [3.8, 4) is 17.0 Å². The van der Waals surface area contributed by atoms with Gasteiger partial charge in [0.05, 0.1) is 17.3 Å². The molecule has 2 aromatic carbocycles. The van der Waals surface area contributed by atoms with Crippen LogP contribution in [-0.4, -0.2) is 18.0 Å². The van der Waals surface area contributed by atoms with Gasteiger partial charge in [0, 0.05) is 21.0 Å². The summed E-state index contributed by atoms with van der Waals surface area (Å²) in [6.45, 7) is 2.00. The number of amides is 1. The fourth-order valence-electron chi connectivity index (χ4n) is 2.43. The van der Waals surface area contributed by atoms with Gasteiger partial charge in [0.25, 0.3) is 0 Å². The number of nitrogens with one attached hydrogen (secondary N) is 1. The molecule has 0 radical (unpaired) electrons. The van der Waals surface area contributed by atoms with Crippen molar-refractivity contribution in [1.82, 2.24) is 4.98 Å². The molecule has 27 heavy (non-hydrogen) atoms. The van der Waals surface area contributed by atoms with Gasteiger partial charge in [-0.3, -0.25) is 10.1 Å². The van der Waals surface area contributed by atoms with Crippen molar-refractivity contribution in [2.75, 3.05) is 12.4 Å². The minimum Gasteiger partial charge on any atom is -0.496 e. The third-order valence-corrected chi connectivity index (χ3v) is 5.78. The number of thiazole rings is 1. The highest BCUT2D eigenvalue weighted by molar-refractivity contribution is 9.10. The summed E-state index contributed by atoms with van der Waals surface area (Å²) in [4.78, 5) is 17.8. The number of benzene rings is 2. The average molecular weight is 508 g/mol. The van der Waals surface area contributed by atoms with E-state index in [1.165, 1.54) is 17.4 Å². The molecule has 0 aliphatic heterocycles. The first kappa shape index (κ1) is 19.8. The van der Waals surface area contributed by atoms with Crippen LogP contribution in [0.25, 0.3) is 17.3 Å². The molecule has 1 aromatic heterocycles. The van der Waals surface area contributed by atoms with E-state index >= 15 is 0 Å². The SMILES string of the molecule is COc1ccc(/C=C/C(=O)Nc2nc(-c3ccc(Br)cc3)c(C)s2)cc1Br. The van der Waals surface area contributed by atoms with E-state index in [4.69, 9.17) is 4.74 Å². The second-order valence-electron chi connectivity index (χ2n) is 5.65. The predicted molar refractivity (Wildman–Crippen MR) is 118 cm³/mol. The number of nitrogens with zero attached hydrogens (tertiary/aromatic N) is 1. The van der Waals surface area contributed by atoms with E-state index in [0.717, 1.165) is 36.4 Å². The molecule has 1 heterocycles. The topological polar surface area (TPSA) is 51.2 Å². The quantitative estimate of drug-likeness (QED) is 0.412. The highest BCUT2D eigenvalue weighted by Gasteiger charge is 2.11. The smallest absolute Gasteiger partial charge is 0.250 e. The fourth-order valence-corrected chi connectivity index (χ4v) is 4.09. The van der Waals surface area contributed by atoms with Crippen LogP contribution < -0.4 is 10.1 Å². The van der Waals surface area contributed by atoms with Crippen molar-refractivity contribution in [2.24, 2.45) is 0 Å². The van der Waals surface area contributed by atoms with Crippen molar-refractivity contribution in [3.63, 3.8) is 0 Å². The number of carbonyl (C=O) groups is 1. The molecule has 3 rings (SSSR count). The van der Waals surface area contributed by atoms with E-state index in [-0.39, 0.29) is 5.91 Å². The number of ether oxygens (including phenoxy) is 1. The van der Waals surface area contributed by atoms with Crippen molar-refractivity contribution in [2.45, 2.75) is 6.92 Å². The number of hydrogen-bond acceptors (Lipinski definition) is 4. The van der Waals surface area contributed by atoms with Crippen molar-refractivity contribution < 1.29 is 9.53 Å². The Kier molecular flexibility index (Phi) is 6.46. The molecule has 0 unspecified atom stereocenters. The molecule has 0 aliphatic rings. The fraction of sp³-hybridized carbons (Fsp3) is 0.100. The second kappa shape index (κ2) is 8.82. The molecule has 0 saturated carbocycles. The van der Waals surface area contributed by atoms with E-state index in [0.29, 0.717) is 5.13 Å². The molecule has 1 amide bonds. The van der Waals surface area contributed by atoms with Gasteiger partial charge in [0.2, 0.25) is 5.91 Å². The van der Waals surface area contributed by atoms with Crippen molar-refractivity contribution in [3.05, 3.63) is 67.9 Å². The number of aryl methyl sites for hydroxylation is 1. The highest BCUT2D eigenvalue weighted by atomic mass is 79.9. The lowest BCUT2D eigenvalue weighted by Crippen LogP contribution is -2.07. The molecule has 0 atom stereocenters. The lowest BCUT2D eigenvalue weighted by molar-refractivity contribution is -0.111. The number of anilines is 1. The first-order chi connectivity index (χ1) is 13.0. The van der Waals surface area contributed by atoms with Gasteiger partial charge in [-0.25, -0.2) is 4.98 Å². The Bertz CT molecular complexity index is 998. The van der Waals surface area contributed by atoms with E-state index in [9.17, 15) is 4.79 Å². The zero-order chi connectivity index (χ0) is 19.4. The van der Waals surface area contributed by atoms with E-state index in [1.54, 1.807) is 13.2 Å². The zero-order valence-corrected chi connectivity index (χ0v) is 18.6. The Hall–Kier alpha value is -1.96. The molecule has 0 spiro atoms. The maximum atomic E-state index is 12.2. The van der Waals surface area contributed by atoms with Gasteiger partial charge in [0.1, 0.15) is 5.75 Å². The van der Waals surface area contributed by atoms with Crippen LogP contribution in [0.15, 0.2) is 57.5 Å². The minimum atomic E-state index is -0.224. The summed E-state index contributed by atoms with van der Waals surface area (Å²) < 4.78 is 7.05. The van der Waals surface area contributed by atoms with Gasteiger partial charge in [-0.2, -0.15) is 0 Å². The van der Waals surface area contributed by atoms with Gasteiger partial charge in [0.15, 0.2) is 5.13 Å². The number of methoxy groups -OCH3 is 1. The maximum absolute atomic E-state index is 12.2. The van der Waals surface area contributed by atoms with Crippen LogP contribution in [0, 0.1) is 6.92 Å². The van der Waals surface area contributed by atoms with Crippen molar-refractivity contribution in [1.29, 1.82) is 0 Å². The first-order valence-electron chi connectivity index (χ1n) is 8.02. The van der Waals surface area contributed by atoms with E-state index in [2.05, 4.69) is 42.2 Å². The Labute approximate surface area is 178 Å². The van der Waals surface area contributed by atoms with Crippen LogP contribution in [0.2, 0.25) is 0 Å². The lowest BCUT2D eigenvalue weighted by atomic mass is 10.1. The van der Waals surface area contributed by atoms with Gasteiger partial charge in [-0.15, -0.1) is 11.3 Å². The zero-order valence-electron chi connectivity index (χ0n) is 14.6. The molecule has 7 heteroatoms. The van der Waals surface area contributed by atoms with Crippen LogP contribution in [0.3, 0.4) is 0 Å². The van der Waals surface area contributed by atoms with Gasteiger partial charge >= 0.3 is 0 Å². The second-order valence-corrected chi connectivity index (χ2v) is 8.62.